The topological polar surface area (TPSA) is 12.0 Å². The fourth-order valence-corrected chi connectivity index (χ4v) is 3.66. The first-order valence-electron chi connectivity index (χ1n) is 6.69. The monoisotopic (exact) mass is 443 g/mol. The first kappa shape index (κ1) is 16.0. The lowest BCUT2D eigenvalue weighted by Crippen LogP contribution is -2.20. The van der Waals surface area contributed by atoms with Crippen molar-refractivity contribution < 1.29 is 0 Å². The van der Waals surface area contributed by atoms with Crippen molar-refractivity contribution >= 4 is 38.5 Å². The van der Waals surface area contributed by atoms with Gasteiger partial charge in [-0.25, -0.2) is 0 Å². The third-order valence-corrected chi connectivity index (χ3v) is 4.88. The molecule has 2 rings (SSSR count). The molecule has 0 spiro atoms. The quantitative estimate of drug-likeness (QED) is 0.642. The molecule has 1 atom stereocenters. The van der Waals surface area contributed by atoms with E-state index in [-0.39, 0.29) is 0 Å². The van der Waals surface area contributed by atoms with Crippen LogP contribution in [0.25, 0.3) is 0 Å². The van der Waals surface area contributed by atoms with Crippen molar-refractivity contribution in [3.8, 4) is 0 Å². The molecule has 0 heterocycles. The minimum absolute atomic E-state index is 0.334. The summed E-state index contributed by atoms with van der Waals surface area (Å²) in [5, 5.41) is 3.45. The molecule has 106 valence electrons. The predicted molar refractivity (Wildman–Crippen MR) is 98.3 cm³/mol. The number of likely N-dealkylation sites (N-methyl/N-ethyl adjacent to an activating group) is 1. The van der Waals surface area contributed by atoms with E-state index in [2.05, 4.69) is 94.1 Å². The Labute approximate surface area is 143 Å². The molecule has 1 N–H and O–H groups in total. The van der Waals surface area contributed by atoms with Crippen molar-refractivity contribution in [1.29, 1.82) is 0 Å². The van der Waals surface area contributed by atoms with E-state index >= 15 is 0 Å². The van der Waals surface area contributed by atoms with E-state index in [4.69, 9.17) is 0 Å². The van der Waals surface area contributed by atoms with Gasteiger partial charge in [0.05, 0.1) is 0 Å². The standard InChI is InChI=1S/C17H19BrIN/c1-11-6-12(2)8-13(7-11)9-17(20-3)15-10-14(18)4-5-16(15)19/h4-8,10,17,20H,9H2,1-3H3. The highest BCUT2D eigenvalue weighted by atomic mass is 127. The smallest absolute Gasteiger partial charge is 0.0369 e. The molecule has 0 amide bonds. The summed E-state index contributed by atoms with van der Waals surface area (Å²) < 4.78 is 2.43. The van der Waals surface area contributed by atoms with Crippen LogP contribution < -0.4 is 5.32 Å². The molecule has 2 aromatic rings. The van der Waals surface area contributed by atoms with Gasteiger partial charge in [-0.3, -0.25) is 0 Å². The molecule has 20 heavy (non-hydrogen) atoms. The summed E-state index contributed by atoms with van der Waals surface area (Å²) in [7, 11) is 2.03. The van der Waals surface area contributed by atoms with Crippen LogP contribution in [0, 0.1) is 17.4 Å². The molecule has 0 saturated carbocycles. The maximum atomic E-state index is 3.57. The van der Waals surface area contributed by atoms with Gasteiger partial charge in [-0.1, -0.05) is 45.3 Å². The van der Waals surface area contributed by atoms with Crippen LogP contribution >= 0.6 is 38.5 Å². The number of hydrogen-bond acceptors (Lipinski definition) is 1. The van der Waals surface area contributed by atoms with Crippen LogP contribution in [0.3, 0.4) is 0 Å². The van der Waals surface area contributed by atoms with E-state index in [0.29, 0.717) is 6.04 Å². The zero-order valence-electron chi connectivity index (χ0n) is 12.0. The summed E-state index contributed by atoms with van der Waals surface area (Å²) >= 11 is 5.98. The predicted octanol–water partition coefficient (Wildman–Crippen LogP) is 5.17. The highest BCUT2D eigenvalue weighted by molar-refractivity contribution is 14.1. The van der Waals surface area contributed by atoms with Crippen molar-refractivity contribution in [2.45, 2.75) is 26.3 Å². The molecule has 0 radical (unpaired) electrons. The molecule has 0 bridgehead atoms. The number of rotatable bonds is 4. The van der Waals surface area contributed by atoms with Crippen LogP contribution in [-0.4, -0.2) is 7.05 Å². The van der Waals surface area contributed by atoms with Gasteiger partial charge in [0.15, 0.2) is 0 Å². The molecule has 1 nitrogen and oxygen atoms in total. The van der Waals surface area contributed by atoms with E-state index in [0.717, 1.165) is 10.9 Å². The van der Waals surface area contributed by atoms with Crippen molar-refractivity contribution in [3.63, 3.8) is 0 Å². The Balaban J connectivity index is 2.31. The average molecular weight is 444 g/mol. The number of nitrogens with one attached hydrogen (secondary N) is 1. The van der Waals surface area contributed by atoms with Crippen molar-refractivity contribution in [2.24, 2.45) is 0 Å². The molecule has 2 aromatic carbocycles. The fourth-order valence-electron chi connectivity index (χ4n) is 2.57. The lowest BCUT2D eigenvalue weighted by molar-refractivity contribution is 0.589. The zero-order chi connectivity index (χ0) is 14.7. The second kappa shape index (κ2) is 7.05. The number of hydrogen-bond donors (Lipinski definition) is 1. The first-order valence-corrected chi connectivity index (χ1v) is 8.56. The van der Waals surface area contributed by atoms with Crippen molar-refractivity contribution in [2.75, 3.05) is 7.05 Å². The maximum absolute atomic E-state index is 3.57. The van der Waals surface area contributed by atoms with Gasteiger partial charge in [0.1, 0.15) is 0 Å². The van der Waals surface area contributed by atoms with Gasteiger partial charge in [0.2, 0.25) is 0 Å². The molecule has 0 aliphatic carbocycles. The summed E-state index contributed by atoms with van der Waals surface area (Å²) in [6.45, 7) is 4.32. The van der Waals surface area contributed by atoms with Crippen molar-refractivity contribution in [3.05, 3.63) is 66.7 Å². The Morgan fingerprint density at radius 2 is 1.75 bits per heavy atom. The third-order valence-electron chi connectivity index (χ3n) is 3.40. The molecule has 0 fully saturated rings. The highest BCUT2D eigenvalue weighted by Crippen LogP contribution is 2.27. The zero-order valence-corrected chi connectivity index (χ0v) is 15.7. The van der Waals surface area contributed by atoms with Gasteiger partial charge < -0.3 is 5.32 Å². The largest absolute Gasteiger partial charge is 0.313 e. The lowest BCUT2D eigenvalue weighted by atomic mass is 9.97. The number of benzene rings is 2. The van der Waals surface area contributed by atoms with E-state index in [1.54, 1.807) is 0 Å². The summed E-state index contributed by atoms with van der Waals surface area (Å²) in [6.07, 6.45) is 1.01. The van der Waals surface area contributed by atoms with Crippen LogP contribution in [0.15, 0.2) is 40.9 Å². The Morgan fingerprint density at radius 1 is 1.10 bits per heavy atom. The number of halogens is 2. The van der Waals surface area contributed by atoms with E-state index in [9.17, 15) is 0 Å². The van der Waals surface area contributed by atoms with Crippen LogP contribution in [0.2, 0.25) is 0 Å². The molecule has 0 aliphatic rings. The molecule has 0 aliphatic heterocycles. The highest BCUT2D eigenvalue weighted by Gasteiger charge is 2.14. The Bertz CT molecular complexity index is 590. The molecule has 0 saturated heterocycles. The second-order valence-electron chi connectivity index (χ2n) is 5.21. The molecule has 1 unspecified atom stereocenters. The van der Waals surface area contributed by atoms with E-state index in [1.807, 2.05) is 7.05 Å². The SMILES string of the molecule is CNC(Cc1cc(C)cc(C)c1)c1cc(Br)ccc1I. The van der Waals surface area contributed by atoms with Crippen LogP contribution in [-0.2, 0) is 6.42 Å². The van der Waals surface area contributed by atoms with Gasteiger partial charge in [-0.15, -0.1) is 0 Å². The van der Waals surface area contributed by atoms with Gasteiger partial charge in [0.25, 0.3) is 0 Å². The first-order chi connectivity index (χ1) is 9.49. The van der Waals surface area contributed by atoms with Crippen LogP contribution in [0.5, 0.6) is 0 Å². The number of aryl methyl sites for hydroxylation is 2. The van der Waals surface area contributed by atoms with Gasteiger partial charge in [-0.05, 0) is 79.2 Å². The molecule has 0 aromatic heterocycles. The minimum atomic E-state index is 0.334. The van der Waals surface area contributed by atoms with E-state index in [1.165, 1.54) is 25.8 Å². The summed E-state index contributed by atoms with van der Waals surface area (Å²) in [6, 6.07) is 13.6. The minimum Gasteiger partial charge on any atom is -0.313 e. The molecular weight excluding hydrogens is 425 g/mol. The van der Waals surface area contributed by atoms with Crippen molar-refractivity contribution in [1.82, 2.24) is 5.32 Å². The Kier molecular flexibility index (Phi) is 5.64. The normalized spacial score (nSPS) is 12.4. The lowest BCUT2D eigenvalue weighted by Gasteiger charge is -2.19. The van der Waals surface area contributed by atoms with E-state index < -0.39 is 0 Å². The third kappa shape index (κ3) is 4.06. The van der Waals surface area contributed by atoms with Gasteiger partial charge in [-0.2, -0.15) is 0 Å². The average Bonchev–Trinajstić information content (AvgIpc) is 2.38. The summed E-state index contributed by atoms with van der Waals surface area (Å²) in [5.41, 5.74) is 5.40. The molecule has 3 heteroatoms. The van der Waals surface area contributed by atoms with Gasteiger partial charge in [0, 0.05) is 14.1 Å². The van der Waals surface area contributed by atoms with Crippen LogP contribution in [0.1, 0.15) is 28.3 Å². The summed E-state index contributed by atoms with van der Waals surface area (Å²) in [4.78, 5) is 0. The summed E-state index contributed by atoms with van der Waals surface area (Å²) in [5.74, 6) is 0. The van der Waals surface area contributed by atoms with Crippen LogP contribution in [0.4, 0.5) is 0 Å². The fraction of sp³-hybridized carbons (Fsp3) is 0.294. The Morgan fingerprint density at radius 3 is 2.35 bits per heavy atom. The van der Waals surface area contributed by atoms with Gasteiger partial charge >= 0.3 is 0 Å². The second-order valence-corrected chi connectivity index (χ2v) is 7.29. The Hall–Kier alpha value is -0.390. The maximum Gasteiger partial charge on any atom is 0.0369 e. The molecular formula is C17H19BrIN.